The Morgan fingerprint density at radius 3 is 2.67 bits per heavy atom. The van der Waals surface area contributed by atoms with Crippen LogP contribution in [0.2, 0.25) is 0 Å². The van der Waals surface area contributed by atoms with Gasteiger partial charge in [0.05, 0.1) is 6.10 Å². The molecule has 2 aliphatic rings. The quantitative estimate of drug-likeness (QED) is 0.843. The molecule has 0 aliphatic carbocycles. The average molecular weight is 297 g/mol. The van der Waals surface area contributed by atoms with Gasteiger partial charge >= 0.3 is 0 Å². The monoisotopic (exact) mass is 297 g/mol. The molecule has 4 nitrogen and oxygen atoms in total. The Morgan fingerprint density at radius 2 is 2.00 bits per heavy atom. The highest BCUT2D eigenvalue weighted by molar-refractivity contribution is 4.97. The van der Waals surface area contributed by atoms with Gasteiger partial charge in [0.1, 0.15) is 0 Å². The van der Waals surface area contributed by atoms with Gasteiger partial charge in [-0.05, 0) is 66.0 Å². The number of nitrogens with zero attached hydrogens (tertiary/aromatic N) is 2. The van der Waals surface area contributed by atoms with Gasteiger partial charge in [-0.2, -0.15) is 0 Å². The van der Waals surface area contributed by atoms with E-state index in [4.69, 9.17) is 10.5 Å². The summed E-state index contributed by atoms with van der Waals surface area (Å²) in [6.45, 7) is 13.0. The lowest BCUT2D eigenvalue weighted by Crippen LogP contribution is -2.58. The molecule has 0 saturated carbocycles. The van der Waals surface area contributed by atoms with Crippen molar-refractivity contribution in [2.24, 2.45) is 5.73 Å². The van der Waals surface area contributed by atoms with E-state index in [1.807, 2.05) is 0 Å². The van der Waals surface area contributed by atoms with Gasteiger partial charge in [0.15, 0.2) is 0 Å². The normalized spacial score (nSPS) is 33.3. The summed E-state index contributed by atoms with van der Waals surface area (Å²) in [6.07, 6.45) is 6.59. The van der Waals surface area contributed by atoms with E-state index in [1.165, 1.54) is 51.7 Å². The van der Waals surface area contributed by atoms with Gasteiger partial charge in [0, 0.05) is 37.8 Å². The van der Waals surface area contributed by atoms with E-state index in [0.717, 1.165) is 19.7 Å². The fraction of sp³-hybridized carbons (Fsp3) is 1.00. The van der Waals surface area contributed by atoms with Crippen molar-refractivity contribution in [3.05, 3.63) is 0 Å². The molecule has 2 atom stereocenters. The third-order valence-electron chi connectivity index (χ3n) is 5.51. The van der Waals surface area contributed by atoms with Crippen molar-refractivity contribution in [3.63, 3.8) is 0 Å². The Bertz CT molecular complexity index is 308. The van der Waals surface area contributed by atoms with E-state index < -0.39 is 0 Å². The lowest BCUT2D eigenvalue weighted by atomic mass is 9.86. The predicted octanol–water partition coefficient (Wildman–Crippen LogP) is 2.08. The number of rotatable bonds is 5. The van der Waals surface area contributed by atoms with Crippen LogP contribution < -0.4 is 5.73 Å². The highest BCUT2D eigenvalue weighted by Crippen LogP contribution is 2.32. The fourth-order valence-corrected chi connectivity index (χ4v) is 4.11. The Labute approximate surface area is 131 Å². The summed E-state index contributed by atoms with van der Waals surface area (Å²) >= 11 is 0. The summed E-state index contributed by atoms with van der Waals surface area (Å²) in [4.78, 5) is 5.28. The number of piperidine rings is 1. The molecule has 21 heavy (non-hydrogen) atoms. The van der Waals surface area contributed by atoms with Crippen LogP contribution in [0.4, 0.5) is 0 Å². The van der Waals surface area contributed by atoms with E-state index in [2.05, 4.69) is 30.6 Å². The molecule has 2 rings (SSSR count). The molecule has 0 aromatic heterocycles. The number of hydrogen-bond acceptors (Lipinski definition) is 4. The van der Waals surface area contributed by atoms with Gasteiger partial charge < -0.3 is 15.4 Å². The first-order valence-electron chi connectivity index (χ1n) is 8.92. The van der Waals surface area contributed by atoms with Crippen molar-refractivity contribution in [1.82, 2.24) is 9.80 Å². The summed E-state index contributed by atoms with van der Waals surface area (Å²) in [5.74, 6) is 0. The first-order valence-corrected chi connectivity index (χ1v) is 8.92. The fourth-order valence-electron chi connectivity index (χ4n) is 4.11. The van der Waals surface area contributed by atoms with Crippen LogP contribution in [0.15, 0.2) is 0 Å². The summed E-state index contributed by atoms with van der Waals surface area (Å²) in [6, 6.07) is 0.649. The molecule has 2 fully saturated rings. The second-order valence-electron chi connectivity index (χ2n) is 7.08. The molecule has 0 spiro atoms. The lowest BCUT2D eigenvalue weighted by molar-refractivity contribution is -0.0371. The minimum atomic E-state index is 0.208. The minimum absolute atomic E-state index is 0.208. The molecule has 124 valence electrons. The largest absolute Gasteiger partial charge is 0.377 e. The zero-order chi connectivity index (χ0) is 15.3. The Morgan fingerprint density at radius 1 is 1.19 bits per heavy atom. The molecule has 0 aromatic rings. The van der Waals surface area contributed by atoms with E-state index >= 15 is 0 Å². The van der Waals surface area contributed by atoms with Crippen LogP contribution in [0.1, 0.15) is 52.9 Å². The molecular weight excluding hydrogens is 262 g/mol. The zero-order valence-electron chi connectivity index (χ0n) is 14.3. The molecule has 4 heteroatoms. The maximum atomic E-state index is 6.28. The smallest absolute Gasteiger partial charge is 0.0702 e. The zero-order valence-corrected chi connectivity index (χ0v) is 14.3. The van der Waals surface area contributed by atoms with Gasteiger partial charge in [0.25, 0.3) is 0 Å². The summed E-state index contributed by atoms with van der Waals surface area (Å²) in [5.41, 5.74) is 6.49. The molecule has 2 unspecified atom stereocenters. The van der Waals surface area contributed by atoms with Crippen LogP contribution >= 0.6 is 0 Å². The Kier molecular flexibility index (Phi) is 6.48. The maximum Gasteiger partial charge on any atom is 0.0702 e. The van der Waals surface area contributed by atoms with Gasteiger partial charge in [-0.15, -0.1) is 0 Å². The third-order valence-corrected chi connectivity index (χ3v) is 5.51. The predicted molar refractivity (Wildman–Crippen MR) is 88.6 cm³/mol. The maximum absolute atomic E-state index is 6.28. The molecule has 2 heterocycles. The molecule has 0 aromatic carbocycles. The lowest BCUT2D eigenvalue weighted by Gasteiger charge is -2.47. The molecule has 0 bridgehead atoms. The standard InChI is InChI=1S/C17H35N3O/c1-4-21-16-7-5-11-20(13-16)17(14-18)8-6-10-19(12-9-17)15(2)3/h15-16H,4-14,18H2,1-3H3. The molecule has 0 amide bonds. The number of ether oxygens (including phenoxy) is 1. The molecule has 2 aliphatic heterocycles. The molecule has 2 saturated heterocycles. The van der Waals surface area contributed by atoms with Crippen molar-refractivity contribution in [2.45, 2.75) is 70.6 Å². The van der Waals surface area contributed by atoms with Crippen LogP contribution in [-0.2, 0) is 4.74 Å². The van der Waals surface area contributed by atoms with Crippen molar-refractivity contribution in [1.29, 1.82) is 0 Å². The highest BCUT2D eigenvalue weighted by Gasteiger charge is 2.39. The molecule has 2 N–H and O–H groups in total. The Balaban J connectivity index is 2.02. The van der Waals surface area contributed by atoms with Crippen LogP contribution in [0.5, 0.6) is 0 Å². The first kappa shape index (κ1) is 17.2. The van der Waals surface area contributed by atoms with Crippen LogP contribution in [-0.4, -0.2) is 66.8 Å². The van der Waals surface area contributed by atoms with Crippen molar-refractivity contribution < 1.29 is 4.74 Å². The van der Waals surface area contributed by atoms with Crippen molar-refractivity contribution in [3.8, 4) is 0 Å². The van der Waals surface area contributed by atoms with Crippen LogP contribution in [0.25, 0.3) is 0 Å². The summed E-state index contributed by atoms with van der Waals surface area (Å²) < 4.78 is 5.89. The number of nitrogens with two attached hydrogens (primary N) is 1. The number of hydrogen-bond donors (Lipinski definition) is 1. The second kappa shape index (κ2) is 7.91. The minimum Gasteiger partial charge on any atom is -0.377 e. The van der Waals surface area contributed by atoms with E-state index in [9.17, 15) is 0 Å². The van der Waals surface area contributed by atoms with Crippen LogP contribution in [0.3, 0.4) is 0 Å². The van der Waals surface area contributed by atoms with E-state index in [0.29, 0.717) is 12.1 Å². The summed E-state index contributed by atoms with van der Waals surface area (Å²) in [5, 5.41) is 0. The highest BCUT2D eigenvalue weighted by atomic mass is 16.5. The van der Waals surface area contributed by atoms with Gasteiger partial charge in [-0.25, -0.2) is 0 Å². The third kappa shape index (κ3) is 4.19. The van der Waals surface area contributed by atoms with Gasteiger partial charge in [0.2, 0.25) is 0 Å². The van der Waals surface area contributed by atoms with Crippen LogP contribution in [0, 0.1) is 0 Å². The van der Waals surface area contributed by atoms with E-state index in [1.54, 1.807) is 0 Å². The SMILES string of the molecule is CCOC1CCCN(C2(CN)CCCN(C(C)C)CC2)C1. The van der Waals surface area contributed by atoms with Gasteiger partial charge in [-0.1, -0.05) is 0 Å². The topological polar surface area (TPSA) is 41.7 Å². The molecular formula is C17H35N3O. The van der Waals surface area contributed by atoms with Gasteiger partial charge in [-0.3, -0.25) is 4.90 Å². The van der Waals surface area contributed by atoms with Crippen molar-refractivity contribution >= 4 is 0 Å². The average Bonchev–Trinajstić information content (AvgIpc) is 2.71. The first-order chi connectivity index (χ1) is 10.1. The second-order valence-corrected chi connectivity index (χ2v) is 7.08. The number of likely N-dealkylation sites (tertiary alicyclic amines) is 2. The van der Waals surface area contributed by atoms with E-state index in [-0.39, 0.29) is 5.54 Å². The summed E-state index contributed by atoms with van der Waals surface area (Å²) in [7, 11) is 0. The van der Waals surface area contributed by atoms with Crippen molar-refractivity contribution in [2.75, 3.05) is 39.3 Å². The Hall–Kier alpha value is -0.160. The molecule has 0 radical (unpaired) electrons.